The Kier molecular flexibility index (Phi) is 5.96. The number of rotatable bonds is 6. The van der Waals surface area contributed by atoms with Crippen molar-refractivity contribution in [3.05, 3.63) is 107 Å². The van der Waals surface area contributed by atoms with Crippen LogP contribution in [0.5, 0.6) is 0 Å². The fourth-order valence-electron chi connectivity index (χ4n) is 5.97. The number of para-hydroxylation sites is 1. The number of fused-ring (bicyclic) bond motifs is 4. The molecule has 2 aliphatic rings. The van der Waals surface area contributed by atoms with Gasteiger partial charge in [-0.25, -0.2) is 4.39 Å². The summed E-state index contributed by atoms with van der Waals surface area (Å²) >= 11 is 0. The SMILES string of the molecule is O=C(CCCN1CCN2[C@@H](Cc3c([nH]c4ccccc34)[C@@H]2c2ccccc2)C1)c1ccc(F)cc1. The fourth-order valence-corrected chi connectivity index (χ4v) is 5.97. The van der Waals surface area contributed by atoms with E-state index in [4.69, 9.17) is 0 Å². The Balaban J connectivity index is 1.19. The highest BCUT2D eigenvalue weighted by atomic mass is 19.1. The van der Waals surface area contributed by atoms with Crippen LogP contribution in [-0.4, -0.2) is 52.8 Å². The summed E-state index contributed by atoms with van der Waals surface area (Å²) in [5, 5.41) is 1.34. The van der Waals surface area contributed by atoms with E-state index in [2.05, 4.69) is 69.4 Å². The molecule has 1 fully saturated rings. The van der Waals surface area contributed by atoms with Gasteiger partial charge < -0.3 is 9.88 Å². The number of nitrogens with one attached hydrogen (secondary N) is 1. The van der Waals surface area contributed by atoms with Gasteiger partial charge in [-0.2, -0.15) is 0 Å². The van der Waals surface area contributed by atoms with E-state index in [0.717, 1.165) is 39.0 Å². The van der Waals surface area contributed by atoms with Crippen molar-refractivity contribution >= 4 is 16.7 Å². The predicted molar refractivity (Wildman–Crippen MR) is 137 cm³/mol. The van der Waals surface area contributed by atoms with Gasteiger partial charge in [0.05, 0.1) is 6.04 Å². The Hall–Kier alpha value is -3.28. The maximum atomic E-state index is 13.2. The topological polar surface area (TPSA) is 39.3 Å². The Bertz CT molecular complexity index is 1330. The second-order valence-electron chi connectivity index (χ2n) is 9.81. The van der Waals surface area contributed by atoms with E-state index in [1.807, 2.05) is 0 Å². The van der Waals surface area contributed by atoms with Crippen molar-refractivity contribution in [2.24, 2.45) is 0 Å². The van der Waals surface area contributed by atoms with Gasteiger partial charge in [-0.1, -0.05) is 48.5 Å². The van der Waals surface area contributed by atoms with Gasteiger partial charge in [0, 0.05) is 54.3 Å². The van der Waals surface area contributed by atoms with Crippen LogP contribution < -0.4 is 0 Å². The van der Waals surface area contributed by atoms with Crippen molar-refractivity contribution in [3.63, 3.8) is 0 Å². The van der Waals surface area contributed by atoms with Crippen molar-refractivity contribution in [2.45, 2.75) is 31.3 Å². The molecule has 3 aromatic carbocycles. The molecule has 178 valence electrons. The number of hydrogen-bond donors (Lipinski definition) is 1. The zero-order valence-corrected chi connectivity index (χ0v) is 19.8. The minimum atomic E-state index is -0.306. The molecular weight excluding hydrogens is 437 g/mol. The lowest BCUT2D eigenvalue weighted by Gasteiger charge is -2.48. The molecular formula is C30H30FN3O. The minimum Gasteiger partial charge on any atom is -0.357 e. The molecule has 2 atom stereocenters. The molecule has 0 spiro atoms. The monoisotopic (exact) mass is 467 g/mol. The van der Waals surface area contributed by atoms with Gasteiger partial charge in [-0.15, -0.1) is 0 Å². The van der Waals surface area contributed by atoms with Crippen LogP contribution in [0.15, 0.2) is 78.9 Å². The molecule has 5 heteroatoms. The molecule has 0 radical (unpaired) electrons. The van der Waals surface area contributed by atoms with E-state index in [9.17, 15) is 9.18 Å². The quantitative estimate of drug-likeness (QED) is 0.375. The van der Waals surface area contributed by atoms with E-state index in [-0.39, 0.29) is 17.6 Å². The summed E-state index contributed by atoms with van der Waals surface area (Å²) in [6.07, 6.45) is 2.35. The molecule has 1 saturated heterocycles. The van der Waals surface area contributed by atoms with Gasteiger partial charge in [-0.05, 0) is 60.8 Å². The molecule has 0 bridgehead atoms. The molecule has 4 aromatic rings. The summed E-state index contributed by atoms with van der Waals surface area (Å²) in [7, 11) is 0. The molecule has 6 rings (SSSR count). The van der Waals surface area contributed by atoms with Crippen LogP contribution in [0.4, 0.5) is 4.39 Å². The van der Waals surface area contributed by atoms with Gasteiger partial charge in [0.1, 0.15) is 5.82 Å². The number of halogens is 1. The number of ketones is 1. The number of benzene rings is 3. The third-order valence-corrected chi connectivity index (χ3v) is 7.66. The number of nitrogens with zero attached hydrogens (tertiary/aromatic N) is 2. The van der Waals surface area contributed by atoms with Crippen molar-refractivity contribution < 1.29 is 9.18 Å². The molecule has 35 heavy (non-hydrogen) atoms. The first-order valence-corrected chi connectivity index (χ1v) is 12.6. The summed E-state index contributed by atoms with van der Waals surface area (Å²) in [4.78, 5) is 21.5. The summed E-state index contributed by atoms with van der Waals surface area (Å²) < 4.78 is 13.2. The predicted octanol–water partition coefficient (Wildman–Crippen LogP) is 5.60. The van der Waals surface area contributed by atoms with Gasteiger partial charge in [0.2, 0.25) is 0 Å². The molecule has 1 N–H and O–H groups in total. The molecule has 3 heterocycles. The molecule has 4 nitrogen and oxygen atoms in total. The minimum absolute atomic E-state index is 0.0916. The van der Waals surface area contributed by atoms with Crippen molar-refractivity contribution in [1.29, 1.82) is 0 Å². The first-order chi connectivity index (χ1) is 17.2. The van der Waals surface area contributed by atoms with Crippen molar-refractivity contribution in [3.8, 4) is 0 Å². The lowest BCUT2D eigenvalue weighted by atomic mass is 9.86. The van der Waals surface area contributed by atoms with Crippen LogP contribution in [0, 0.1) is 5.82 Å². The van der Waals surface area contributed by atoms with E-state index in [0.29, 0.717) is 18.0 Å². The normalized spacial score (nSPS) is 20.5. The van der Waals surface area contributed by atoms with Gasteiger partial charge >= 0.3 is 0 Å². The number of Topliss-reactive ketones (excluding diaryl/α,β-unsaturated/α-hetero) is 1. The van der Waals surface area contributed by atoms with E-state index in [1.165, 1.54) is 39.9 Å². The molecule has 2 aliphatic heterocycles. The standard InChI is InChI=1S/C30H30FN3O/c31-23-14-12-21(13-15-23)28(35)11-6-16-33-17-18-34-24(20-33)19-26-25-9-4-5-10-27(25)32-29(26)30(34)22-7-2-1-3-8-22/h1-5,7-10,12-15,24,30,32H,6,11,16-20H2/t24-,30-/m0/s1. The number of H-pyrrole nitrogens is 1. The molecule has 0 unspecified atom stereocenters. The summed E-state index contributed by atoms with van der Waals surface area (Å²) in [5.74, 6) is -0.215. The van der Waals surface area contributed by atoms with Crippen LogP contribution in [0.2, 0.25) is 0 Å². The lowest BCUT2D eigenvalue weighted by Crippen LogP contribution is -2.57. The lowest BCUT2D eigenvalue weighted by molar-refractivity contribution is 0.0417. The Morgan fingerprint density at radius 3 is 2.54 bits per heavy atom. The van der Waals surface area contributed by atoms with Crippen LogP contribution >= 0.6 is 0 Å². The number of carbonyl (C=O) groups excluding carboxylic acids is 1. The average Bonchev–Trinajstić information content (AvgIpc) is 3.26. The maximum Gasteiger partial charge on any atom is 0.162 e. The second kappa shape index (κ2) is 9.40. The highest BCUT2D eigenvalue weighted by Crippen LogP contribution is 2.41. The zero-order valence-electron chi connectivity index (χ0n) is 19.8. The number of hydrogen-bond acceptors (Lipinski definition) is 3. The Morgan fingerprint density at radius 1 is 0.943 bits per heavy atom. The zero-order chi connectivity index (χ0) is 23.8. The summed E-state index contributed by atoms with van der Waals surface area (Å²) in [5.41, 5.74) is 5.94. The van der Waals surface area contributed by atoms with Gasteiger partial charge in [-0.3, -0.25) is 9.69 Å². The summed E-state index contributed by atoms with van der Waals surface area (Å²) in [6, 6.07) is 26.1. The second-order valence-corrected chi connectivity index (χ2v) is 9.81. The maximum absolute atomic E-state index is 13.2. The van der Waals surface area contributed by atoms with Crippen LogP contribution in [-0.2, 0) is 6.42 Å². The van der Waals surface area contributed by atoms with Gasteiger partial charge in [0.25, 0.3) is 0 Å². The Morgan fingerprint density at radius 2 is 1.71 bits per heavy atom. The first kappa shape index (κ1) is 22.2. The molecule has 1 aromatic heterocycles. The first-order valence-electron chi connectivity index (χ1n) is 12.6. The highest BCUT2D eigenvalue weighted by molar-refractivity contribution is 5.96. The largest absolute Gasteiger partial charge is 0.357 e. The number of aromatic nitrogens is 1. The van der Waals surface area contributed by atoms with E-state index < -0.39 is 0 Å². The van der Waals surface area contributed by atoms with E-state index >= 15 is 0 Å². The third-order valence-electron chi connectivity index (χ3n) is 7.66. The summed E-state index contributed by atoms with van der Waals surface area (Å²) in [6.45, 7) is 3.92. The van der Waals surface area contributed by atoms with E-state index in [1.54, 1.807) is 12.1 Å². The van der Waals surface area contributed by atoms with Crippen molar-refractivity contribution in [2.75, 3.05) is 26.2 Å². The molecule has 0 amide bonds. The molecule has 0 aliphatic carbocycles. The third kappa shape index (κ3) is 4.30. The molecule has 0 saturated carbocycles. The smallest absolute Gasteiger partial charge is 0.162 e. The van der Waals surface area contributed by atoms with Crippen molar-refractivity contribution in [1.82, 2.24) is 14.8 Å². The Labute approximate surface area is 205 Å². The highest BCUT2D eigenvalue weighted by Gasteiger charge is 2.40. The van der Waals surface area contributed by atoms with Crippen LogP contribution in [0.3, 0.4) is 0 Å². The van der Waals surface area contributed by atoms with Crippen LogP contribution in [0.1, 0.15) is 46.1 Å². The van der Waals surface area contributed by atoms with Crippen LogP contribution in [0.25, 0.3) is 10.9 Å². The van der Waals surface area contributed by atoms with Gasteiger partial charge in [0.15, 0.2) is 5.78 Å². The number of piperazine rings is 1. The average molecular weight is 468 g/mol. The fraction of sp³-hybridized carbons (Fsp3) is 0.300. The number of carbonyl (C=O) groups is 1. The number of aromatic amines is 1.